The second-order valence-corrected chi connectivity index (χ2v) is 9.30. The summed E-state index contributed by atoms with van der Waals surface area (Å²) in [5.74, 6) is 0.358. The third kappa shape index (κ3) is 3.25. The van der Waals surface area contributed by atoms with Crippen molar-refractivity contribution in [3.05, 3.63) is 6.20 Å². The monoisotopic (exact) mass is 342 g/mol. The van der Waals surface area contributed by atoms with Gasteiger partial charge in [0.05, 0.1) is 19.3 Å². The number of aromatic nitrogens is 2. The molecule has 3 rings (SSSR count). The van der Waals surface area contributed by atoms with Gasteiger partial charge in [-0.25, -0.2) is 17.8 Å². The summed E-state index contributed by atoms with van der Waals surface area (Å²) in [6.45, 7) is 5.29. The molecule has 1 aromatic rings. The number of hydrogen-bond donors (Lipinski definition) is 1. The van der Waals surface area contributed by atoms with Crippen molar-refractivity contribution in [3.63, 3.8) is 0 Å². The predicted octanol–water partition coefficient (Wildman–Crippen LogP) is 1.06. The first kappa shape index (κ1) is 16.7. The largest absolute Gasteiger partial charge is 0.476 e. The SMILES string of the molecule is CN(C)[C@H]1CCC[C@@H]1NS(=O)(=O)c1cnn2c1OCC(C)(C)C2. The number of sulfonamides is 1. The summed E-state index contributed by atoms with van der Waals surface area (Å²) >= 11 is 0. The molecule has 0 amide bonds. The maximum Gasteiger partial charge on any atom is 0.247 e. The summed E-state index contributed by atoms with van der Waals surface area (Å²) in [5.41, 5.74) is -0.0467. The smallest absolute Gasteiger partial charge is 0.247 e. The Labute approximate surface area is 138 Å². The number of ether oxygens (including phenoxy) is 1. The molecule has 23 heavy (non-hydrogen) atoms. The average molecular weight is 342 g/mol. The molecule has 0 bridgehead atoms. The van der Waals surface area contributed by atoms with Crippen LogP contribution in [0.15, 0.2) is 11.1 Å². The van der Waals surface area contributed by atoms with Gasteiger partial charge < -0.3 is 9.64 Å². The van der Waals surface area contributed by atoms with Gasteiger partial charge >= 0.3 is 0 Å². The third-order valence-corrected chi connectivity index (χ3v) is 6.15. The second-order valence-electron chi connectivity index (χ2n) is 7.61. The van der Waals surface area contributed by atoms with E-state index in [0.717, 1.165) is 19.3 Å². The number of nitrogens with zero attached hydrogens (tertiary/aromatic N) is 3. The zero-order chi connectivity index (χ0) is 16.8. The molecule has 8 heteroatoms. The van der Waals surface area contributed by atoms with Gasteiger partial charge in [-0.15, -0.1) is 0 Å². The van der Waals surface area contributed by atoms with E-state index in [1.54, 1.807) is 4.68 Å². The molecule has 0 unspecified atom stereocenters. The molecular formula is C15H26N4O3S. The van der Waals surface area contributed by atoms with E-state index in [9.17, 15) is 8.42 Å². The highest BCUT2D eigenvalue weighted by Gasteiger charge is 2.37. The van der Waals surface area contributed by atoms with Crippen molar-refractivity contribution in [1.82, 2.24) is 19.4 Å². The van der Waals surface area contributed by atoms with Crippen LogP contribution in [0.2, 0.25) is 0 Å². The summed E-state index contributed by atoms with van der Waals surface area (Å²) in [4.78, 5) is 2.24. The normalized spacial score (nSPS) is 27.0. The van der Waals surface area contributed by atoms with E-state index in [-0.39, 0.29) is 22.4 Å². The highest BCUT2D eigenvalue weighted by molar-refractivity contribution is 7.89. The fraction of sp³-hybridized carbons (Fsp3) is 0.800. The molecule has 1 fully saturated rings. The van der Waals surface area contributed by atoms with E-state index in [1.165, 1.54) is 6.20 Å². The minimum absolute atomic E-state index is 0.0467. The van der Waals surface area contributed by atoms with E-state index in [0.29, 0.717) is 19.0 Å². The van der Waals surface area contributed by atoms with Gasteiger partial charge in [0.1, 0.15) is 0 Å². The average Bonchev–Trinajstić information content (AvgIpc) is 3.03. The van der Waals surface area contributed by atoms with E-state index in [4.69, 9.17) is 4.74 Å². The van der Waals surface area contributed by atoms with Crippen molar-refractivity contribution in [2.75, 3.05) is 20.7 Å². The second kappa shape index (κ2) is 5.75. The van der Waals surface area contributed by atoms with Crippen LogP contribution in [-0.4, -0.2) is 55.9 Å². The zero-order valence-electron chi connectivity index (χ0n) is 14.2. The summed E-state index contributed by atoms with van der Waals surface area (Å²) in [5, 5.41) is 4.21. The first-order valence-corrected chi connectivity index (χ1v) is 9.55. The van der Waals surface area contributed by atoms with Crippen molar-refractivity contribution in [1.29, 1.82) is 0 Å². The Morgan fingerprint density at radius 1 is 1.39 bits per heavy atom. The highest BCUT2D eigenvalue weighted by atomic mass is 32.2. The lowest BCUT2D eigenvalue weighted by Gasteiger charge is -2.31. The minimum atomic E-state index is -3.63. The first-order chi connectivity index (χ1) is 10.7. The van der Waals surface area contributed by atoms with Crippen LogP contribution in [0.25, 0.3) is 0 Å². The lowest BCUT2D eigenvalue weighted by Crippen LogP contribution is -2.46. The standard InChI is InChI=1S/C15H26N4O3S/c1-15(2)9-19-14(22-10-15)13(8-16-19)23(20,21)17-11-6-5-7-12(11)18(3)4/h8,11-12,17H,5-7,9-10H2,1-4H3/t11-,12-/m0/s1. The molecule has 7 nitrogen and oxygen atoms in total. The number of fused-ring (bicyclic) bond motifs is 1. The van der Waals surface area contributed by atoms with Gasteiger partial charge in [0, 0.05) is 17.5 Å². The lowest BCUT2D eigenvalue weighted by atomic mass is 9.94. The van der Waals surface area contributed by atoms with Crippen molar-refractivity contribution >= 4 is 10.0 Å². The highest BCUT2D eigenvalue weighted by Crippen LogP contribution is 2.33. The van der Waals surface area contributed by atoms with Crippen LogP contribution in [0.1, 0.15) is 33.1 Å². The Morgan fingerprint density at radius 3 is 2.83 bits per heavy atom. The molecule has 1 saturated carbocycles. The fourth-order valence-corrected chi connectivity index (χ4v) is 4.85. The quantitative estimate of drug-likeness (QED) is 0.885. The van der Waals surface area contributed by atoms with E-state index >= 15 is 0 Å². The van der Waals surface area contributed by atoms with Crippen LogP contribution < -0.4 is 9.46 Å². The van der Waals surface area contributed by atoms with Crippen LogP contribution in [-0.2, 0) is 16.6 Å². The molecule has 0 spiro atoms. The van der Waals surface area contributed by atoms with E-state index < -0.39 is 10.0 Å². The Hall–Kier alpha value is -1.12. The van der Waals surface area contributed by atoms with Gasteiger partial charge in [0.2, 0.25) is 15.9 Å². The van der Waals surface area contributed by atoms with E-state index in [1.807, 2.05) is 14.1 Å². The van der Waals surface area contributed by atoms with Gasteiger partial charge in [0.25, 0.3) is 0 Å². The molecular weight excluding hydrogens is 316 g/mol. The lowest BCUT2D eigenvalue weighted by molar-refractivity contribution is 0.0970. The number of nitrogens with one attached hydrogen (secondary N) is 1. The number of rotatable bonds is 4. The molecule has 1 aliphatic carbocycles. The maximum atomic E-state index is 12.8. The Bertz CT molecular complexity index is 681. The summed E-state index contributed by atoms with van der Waals surface area (Å²) in [6, 6.07) is 0.168. The van der Waals surface area contributed by atoms with Crippen molar-refractivity contribution in [2.24, 2.45) is 5.41 Å². The molecule has 1 aromatic heterocycles. The molecule has 0 radical (unpaired) electrons. The van der Waals surface area contributed by atoms with Crippen LogP contribution in [0, 0.1) is 5.41 Å². The summed E-state index contributed by atoms with van der Waals surface area (Å²) in [6.07, 6.45) is 4.31. The number of hydrogen-bond acceptors (Lipinski definition) is 5. The zero-order valence-corrected chi connectivity index (χ0v) is 15.1. The molecule has 130 valence electrons. The number of likely N-dealkylation sites (N-methyl/N-ethyl adjacent to an activating group) is 1. The first-order valence-electron chi connectivity index (χ1n) is 8.07. The molecule has 1 aliphatic heterocycles. The van der Waals surface area contributed by atoms with Crippen LogP contribution in [0.4, 0.5) is 0 Å². The molecule has 2 atom stereocenters. The van der Waals surface area contributed by atoms with Crippen LogP contribution in [0.3, 0.4) is 0 Å². The Morgan fingerprint density at radius 2 is 2.13 bits per heavy atom. The molecule has 1 N–H and O–H groups in total. The summed E-state index contributed by atoms with van der Waals surface area (Å²) < 4.78 is 35.8. The maximum absolute atomic E-state index is 12.8. The van der Waals surface area contributed by atoms with Crippen LogP contribution in [0.5, 0.6) is 5.88 Å². The fourth-order valence-electron chi connectivity index (χ4n) is 3.47. The minimum Gasteiger partial charge on any atom is -0.476 e. The van der Waals surface area contributed by atoms with Crippen molar-refractivity contribution in [3.8, 4) is 5.88 Å². The molecule has 0 aromatic carbocycles. The Kier molecular flexibility index (Phi) is 4.18. The van der Waals surface area contributed by atoms with Gasteiger partial charge in [-0.1, -0.05) is 20.3 Å². The Balaban J connectivity index is 1.83. The topological polar surface area (TPSA) is 76.5 Å². The van der Waals surface area contributed by atoms with Gasteiger partial charge in [0.15, 0.2) is 4.90 Å². The molecule has 2 aliphatic rings. The third-order valence-electron chi connectivity index (χ3n) is 4.68. The van der Waals surface area contributed by atoms with Gasteiger partial charge in [-0.3, -0.25) is 0 Å². The predicted molar refractivity (Wildman–Crippen MR) is 86.9 cm³/mol. The van der Waals surface area contributed by atoms with E-state index in [2.05, 4.69) is 28.6 Å². The van der Waals surface area contributed by atoms with Crippen molar-refractivity contribution in [2.45, 2.75) is 56.6 Å². The van der Waals surface area contributed by atoms with Gasteiger partial charge in [-0.2, -0.15) is 5.10 Å². The van der Waals surface area contributed by atoms with Gasteiger partial charge in [-0.05, 0) is 26.9 Å². The molecule has 0 saturated heterocycles. The molecule has 2 heterocycles. The summed E-state index contributed by atoms with van der Waals surface area (Å²) in [7, 11) is 0.350. The van der Waals surface area contributed by atoms with Crippen LogP contribution >= 0.6 is 0 Å². The van der Waals surface area contributed by atoms with Crippen molar-refractivity contribution < 1.29 is 13.2 Å².